The molecule has 2 aliphatic rings. The van der Waals surface area contributed by atoms with E-state index in [2.05, 4.69) is 17.3 Å². The summed E-state index contributed by atoms with van der Waals surface area (Å²) in [6.07, 6.45) is 0.807. The summed E-state index contributed by atoms with van der Waals surface area (Å²) in [6.45, 7) is 3.27. The van der Waals surface area contributed by atoms with Crippen LogP contribution in [-0.4, -0.2) is 22.5 Å². The zero-order chi connectivity index (χ0) is 19.8. The molecule has 0 saturated carbocycles. The third-order valence-corrected chi connectivity index (χ3v) is 5.26. The lowest BCUT2D eigenvalue weighted by Crippen LogP contribution is -2.22. The number of benzene rings is 2. The van der Waals surface area contributed by atoms with Crippen molar-refractivity contribution in [1.82, 2.24) is 9.78 Å². The molecule has 1 aromatic heterocycles. The molecule has 1 unspecified atom stereocenters. The molecule has 0 bridgehead atoms. The molecule has 7 heteroatoms. The summed E-state index contributed by atoms with van der Waals surface area (Å²) in [4.78, 5) is 12.6. The molecule has 1 atom stereocenters. The number of hydrogen-bond acceptors (Lipinski definition) is 5. The minimum absolute atomic E-state index is 0.158. The fourth-order valence-electron chi connectivity index (χ4n) is 3.57. The van der Waals surface area contributed by atoms with Gasteiger partial charge in [0.05, 0.1) is 18.8 Å². The van der Waals surface area contributed by atoms with Gasteiger partial charge in [0.15, 0.2) is 17.2 Å². The third-order valence-electron chi connectivity index (χ3n) is 5.26. The van der Waals surface area contributed by atoms with Gasteiger partial charge in [-0.1, -0.05) is 25.1 Å². The maximum absolute atomic E-state index is 12.6. The Labute approximate surface area is 168 Å². The van der Waals surface area contributed by atoms with E-state index in [1.165, 1.54) is 5.56 Å². The van der Waals surface area contributed by atoms with Crippen LogP contribution >= 0.6 is 0 Å². The Morgan fingerprint density at radius 1 is 1.14 bits per heavy atom. The first-order valence-corrected chi connectivity index (χ1v) is 9.68. The highest BCUT2D eigenvalue weighted by Crippen LogP contribution is 2.36. The van der Waals surface area contributed by atoms with Crippen LogP contribution in [0.3, 0.4) is 0 Å². The van der Waals surface area contributed by atoms with Gasteiger partial charge in [0.25, 0.3) is 5.91 Å². The van der Waals surface area contributed by atoms with Crippen molar-refractivity contribution in [3.8, 4) is 11.5 Å². The number of carbonyl (C=O) groups excluding carboxylic acids is 1. The molecule has 0 fully saturated rings. The second-order valence-electron chi connectivity index (χ2n) is 7.12. The maximum Gasteiger partial charge on any atom is 0.276 e. The molecule has 0 radical (unpaired) electrons. The number of carbonyl (C=O) groups is 1. The predicted molar refractivity (Wildman–Crippen MR) is 106 cm³/mol. The molecule has 1 amide bonds. The topological polar surface area (TPSA) is 74.6 Å². The Hall–Kier alpha value is -3.32. The van der Waals surface area contributed by atoms with E-state index in [4.69, 9.17) is 14.2 Å². The lowest BCUT2D eigenvalue weighted by molar-refractivity contribution is -0.00127. The fourth-order valence-corrected chi connectivity index (χ4v) is 3.57. The molecule has 3 aromatic rings. The summed E-state index contributed by atoms with van der Waals surface area (Å²) >= 11 is 0. The zero-order valence-electron chi connectivity index (χ0n) is 16.1. The van der Waals surface area contributed by atoms with Gasteiger partial charge in [-0.05, 0) is 47.9 Å². The van der Waals surface area contributed by atoms with E-state index >= 15 is 0 Å². The standard InChI is InChI=1S/C22H21N3O4/c1-2-14-3-6-16(7-4-14)23-22(26)18-10-17-12-27-21(11-25(17)24-18)15-5-8-19-20(9-15)29-13-28-19/h3-10,21H,2,11-13H2,1H3,(H,23,26). The van der Waals surface area contributed by atoms with E-state index in [-0.39, 0.29) is 18.8 Å². The second-order valence-corrected chi connectivity index (χ2v) is 7.12. The molecule has 0 aliphatic carbocycles. The van der Waals surface area contributed by atoms with Crippen LogP contribution in [0.1, 0.15) is 40.3 Å². The molecule has 148 valence electrons. The third kappa shape index (κ3) is 3.45. The lowest BCUT2D eigenvalue weighted by Gasteiger charge is -2.24. The molecule has 5 rings (SSSR count). The van der Waals surface area contributed by atoms with E-state index in [0.29, 0.717) is 18.8 Å². The van der Waals surface area contributed by atoms with E-state index in [9.17, 15) is 4.79 Å². The number of fused-ring (bicyclic) bond motifs is 2. The highest BCUT2D eigenvalue weighted by Gasteiger charge is 2.26. The largest absolute Gasteiger partial charge is 0.454 e. The summed E-state index contributed by atoms with van der Waals surface area (Å²) in [5, 5.41) is 7.40. The predicted octanol–water partition coefficient (Wildman–Crippen LogP) is 3.70. The summed E-state index contributed by atoms with van der Waals surface area (Å²) in [5.74, 6) is 1.25. The second kappa shape index (κ2) is 7.25. The van der Waals surface area contributed by atoms with Gasteiger partial charge in [-0.2, -0.15) is 5.10 Å². The van der Waals surface area contributed by atoms with Crippen LogP contribution in [0.5, 0.6) is 11.5 Å². The van der Waals surface area contributed by atoms with Crippen LogP contribution in [0.2, 0.25) is 0 Å². The van der Waals surface area contributed by atoms with Crippen LogP contribution in [-0.2, 0) is 24.3 Å². The van der Waals surface area contributed by atoms with E-state index in [1.807, 2.05) is 47.1 Å². The highest BCUT2D eigenvalue weighted by atomic mass is 16.7. The molecule has 2 aliphatic heterocycles. The van der Waals surface area contributed by atoms with E-state index in [1.54, 1.807) is 6.07 Å². The zero-order valence-corrected chi connectivity index (χ0v) is 16.1. The average molecular weight is 391 g/mol. The molecule has 0 spiro atoms. The Morgan fingerprint density at radius 3 is 2.79 bits per heavy atom. The Bertz CT molecular complexity index is 1060. The molecule has 0 saturated heterocycles. The molecule has 3 heterocycles. The number of hydrogen-bond donors (Lipinski definition) is 1. The smallest absolute Gasteiger partial charge is 0.276 e. The SMILES string of the molecule is CCc1ccc(NC(=O)c2cc3n(n2)CC(c2ccc4c(c2)OCO4)OC3)cc1. The van der Waals surface area contributed by atoms with Crippen LogP contribution in [0, 0.1) is 0 Å². The van der Waals surface area contributed by atoms with Gasteiger partial charge in [0.1, 0.15) is 6.10 Å². The number of aromatic nitrogens is 2. The van der Waals surface area contributed by atoms with E-state index in [0.717, 1.165) is 34.9 Å². The van der Waals surface area contributed by atoms with Gasteiger partial charge >= 0.3 is 0 Å². The van der Waals surface area contributed by atoms with Gasteiger partial charge in [-0.15, -0.1) is 0 Å². The van der Waals surface area contributed by atoms with Crippen LogP contribution in [0.15, 0.2) is 48.5 Å². The van der Waals surface area contributed by atoms with Crippen molar-refractivity contribution >= 4 is 11.6 Å². The minimum Gasteiger partial charge on any atom is -0.454 e. The molecule has 1 N–H and O–H groups in total. The van der Waals surface area contributed by atoms with Crippen molar-refractivity contribution in [1.29, 1.82) is 0 Å². The number of ether oxygens (including phenoxy) is 3. The van der Waals surface area contributed by atoms with Crippen LogP contribution < -0.4 is 14.8 Å². The van der Waals surface area contributed by atoms with Gasteiger partial charge in [-0.25, -0.2) is 0 Å². The Balaban J connectivity index is 1.30. The lowest BCUT2D eigenvalue weighted by atomic mass is 10.1. The summed E-state index contributed by atoms with van der Waals surface area (Å²) in [5.41, 5.74) is 4.25. The van der Waals surface area contributed by atoms with E-state index < -0.39 is 0 Å². The highest BCUT2D eigenvalue weighted by molar-refractivity contribution is 6.02. The summed E-state index contributed by atoms with van der Waals surface area (Å²) in [6, 6.07) is 15.4. The molecule has 2 aromatic carbocycles. The fraction of sp³-hybridized carbons (Fsp3) is 0.273. The monoisotopic (exact) mass is 391 g/mol. The quantitative estimate of drug-likeness (QED) is 0.734. The molecular weight excluding hydrogens is 370 g/mol. The van der Waals surface area contributed by atoms with Gasteiger partial charge in [0, 0.05) is 5.69 Å². The van der Waals surface area contributed by atoms with Gasteiger partial charge in [-0.3, -0.25) is 9.48 Å². The van der Waals surface area contributed by atoms with Crippen molar-refractivity contribution in [3.63, 3.8) is 0 Å². The number of anilines is 1. The molecule has 7 nitrogen and oxygen atoms in total. The Morgan fingerprint density at radius 2 is 1.97 bits per heavy atom. The number of rotatable bonds is 4. The normalized spacial score (nSPS) is 17.1. The first kappa shape index (κ1) is 17.8. The maximum atomic E-state index is 12.6. The van der Waals surface area contributed by atoms with Gasteiger partial charge in [0.2, 0.25) is 6.79 Å². The molecular formula is C22H21N3O4. The first-order valence-electron chi connectivity index (χ1n) is 9.68. The first-order chi connectivity index (χ1) is 14.2. The number of amides is 1. The minimum atomic E-state index is -0.226. The Kier molecular flexibility index (Phi) is 4.44. The average Bonchev–Trinajstić information content (AvgIpc) is 3.40. The number of nitrogens with one attached hydrogen (secondary N) is 1. The summed E-state index contributed by atoms with van der Waals surface area (Å²) in [7, 11) is 0. The van der Waals surface area contributed by atoms with Crippen molar-refractivity contribution < 1.29 is 19.0 Å². The van der Waals surface area contributed by atoms with Crippen molar-refractivity contribution in [2.45, 2.75) is 32.6 Å². The number of nitrogens with zero attached hydrogens (tertiary/aromatic N) is 2. The van der Waals surface area contributed by atoms with Crippen molar-refractivity contribution in [2.75, 3.05) is 12.1 Å². The van der Waals surface area contributed by atoms with Crippen molar-refractivity contribution in [2.24, 2.45) is 0 Å². The van der Waals surface area contributed by atoms with Gasteiger partial charge < -0.3 is 19.5 Å². The van der Waals surface area contributed by atoms with Crippen molar-refractivity contribution in [3.05, 3.63) is 71.0 Å². The van der Waals surface area contributed by atoms with Crippen LogP contribution in [0.4, 0.5) is 5.69 Å². The molecule has 29 heavy (non-hydrogen) atoms. The van der Waals surface area contributed by atoms with Crippen LogP contribution in [0.25, 0.3) is 0 Å². The summed E-state index contributed by atoms with van der Waals surface area (Å²) < 4.78 is 18.7. The number of aryl methyl sites for hydroxylation is 1.